The molecule has 0 bridgehead atoms. The molecule has 262 valence electrons. The van der Waals surface area contributed by atoms with Crippen molar-refractivity contribution in [1.29, 1.82) is 0 Å². The van der Waals surface area contributed by atoms with E-state index in [1.807, 2.05) is 6.08 Å². The third-order valence-electron chi connectivity index (χ3n) is 15.4. The normalized spacial score (nSPS) is 38.0. The Morgan fingerprint density at radius 3 is 2.33 bits per heavy atom. The zero-order chi connectivity index (χ0) is 32.6. The molecule has 4 saturated carbocycles. The van der Waals surface area contributed by atoms with Gasteiger partial charge in [-0.25, -0.2) is 0 Å². The van der Waals surface area contributed by atoms with Gasteiger partial charge in [0.1, 0.15) is 12.2 Å². The number of quaternary nitrogens is 1. The SMILES string of the molecule is C=Cc1ccc(C[N+]2(c3ccccc3)CCC(NC(=O)CC[C@@H](C)[C@H]3CC[C@H]4[C@@H]5CCC6CCCC[C@]6(C)[C@H]5CC[C@]34C)CC2)cc1.[Cl-]. The summed E-state index contributed by atoms with van der Waals surface area (Å²) in [6.07, 6.45) is 20.4. The van der Waals surface area contributed by atoms with Crippen molar-refractivity contribution in [3.8, 4) is 0 Å². The highest BCUT2D eigenvalue weighted by Crippen LogP contribution is 2.68. The molecule has 4 heteroatoms. The topological polar surface area (TPSA) is 29.1 Å². The van der Waals surface area contributed by atoms with Gasteiger partial charge in [0, 0.05) is 30.9 Å². The summed E-state index contributed by atoms with van der Waals surface area (Å²) in [5.74, 6) is 5.58. The van der Waals surface area contributed by atoms with Crippen LogP contribution in [0.1, 0.15) is 122 Å². The molecule has 48 heavy (non-hydrogen) atoms. The molecule has 1 N–H and O–H groups in total. The lowest BCUT2D eigenvalue weighted by Crippen LogP contribution is -3.00. The van der Waals surface area contributed by atoms with Crippen LogP contribution < -0.4 is 22.2 Å². The number of amides is 1. The van der Waals surface area contributed by atoms with Crippen molar-refractivity contribution in [2.75, 3.05) is 13.1 Å². The van der Waals surface area contributed by atoms with Gasteiger partial charge in [0.05, 0.1) is 13.1 Å². The van der Waals surface area contributed by atoms with Crippen LogP contribution >= 0.6 is 0 Å². The van der Waals surface area contributed by atoms with E-state index >= 15 is 0 Å². The molecule has 3 nitrogen and oxygen atoms in total. The minimum atomic E-state index is 0. The lowest BCUT2D eigenvalue weighted by molar-refractivity contribution is -0.123. The number of nitrogens with zero attached hydrogens (tertiary/aromatic N) is 1. The molecule has 0 radical (unpaired) electrons. The molecule has 4 aliphatic carbocycles. The van der Waals surface area contributed by atoms with Crippen LogP contribution in [0.2, 0.25) is 0 Å². The summed E-state index contributed by atoms with van der Waals surface area (Å²) in [5.41, 5.74) is 5.03. The molecule has 0 aromatic heterocycles. The summed E-state index contributed by atoms with van der Waals surface area (Å²) in [6.45, 7) is 14.9. The van der Waals surface area contributed by atoms with E-state index in [9.17, 15) is 4.79 Å². The third kappa shape index (κ3) is 6.69. The van der Waals surface area contributed by atoms with E-state index in [1.54, 1.807) is 0 Å². The molecule has 5 aliphatic rings. The Balaban J connectivity index is 0.00000401. The number of hydrogen-bond donors (Lipinski definition) is 1. The first-order chi connectivity index (χ1) is 22.7. The van der Waals surface area contributed by atoms with Crippen molar-refractivity contribution < 1.29 is 17.2 Å². The van der Waals surface area contributed by atoms with E-state index in [1.165, 1.54) is 81.0 Å². The van der Waals surface area contributed by atoms with Gasteiger partial charge in [-0.1, -0.05) is 88.7 Å². The van der Waals surface area contributed by atoms with Gasteiger partial charge in [0.15, 0.2) is 0 Å². The van der Waals surface area contributed by atoms with E-state index in [-0.39, 0.29) is 24.4 Å². The highest BCUT2D eigenvalue weighted by molar-refractivity contribution is 5.76. The molecule has 7 rings (SSSR count). The maximum Gasteiger partial charge on any atom is 0.220 e. The van der Waals surface area contributed by atoms with Gasteiger partial charge in [-0.3, -0.25) is 9.28 Å². The Kier molecular flexibility index (Phi) is 10.9. The molecular formula is C44H63ClN2O. The van der Waals surface area contributed by atoms with E-state index in [0.29, 0.717) is 23.2 Å². The summed E-state index contributed by atoms with van der Waals surface area (Å²) in [6, 6.07) is 20.2. The van der Waals surface area contributed by atoms with Crippen molar-refractivity contribution in [3.63, 3.8) is 0 Å². The molecule has 2 aromatic carbocycles. The van der Waals surface area contributed by atoms with Crippen LogP contribution in [0, 0.1) is 46.3 Å². The smallest absolute Gasteiger partial charge is 0.220 e. The van der Waals surface area contributed by atoms with Crippen molar-refractivity contribution in [3.05, 3.63) is 72.3 Å². The van der Waals surface area contributed by atoms with Crippen molar-refractivity contribution >= 4 is 17.7 Å². The molecule has 5 fully saturated rings. The quantitative estimate of drug-likeness (QED) is 0.274. The van der Waals surface area contributed by atoms with Crippen LogP contribution in [0.4, 0.5) is 5.69 Å². The van der Waals surface area contributed by atoms with Gasteiger partial charge in [0.2, 0.25) is 5.91 Å². The second-order valence-corrected chi connectivity index (χ2v) is 17.5. The maximum atomic E-state index is 13.4. The van der Waals surface area contributed by atoms with Crippen LogP contribution in [0.5, 0.6) is 0 Å². The van der Waals surface area contributed by atoms with Gasteiger partial charge in [-0.05, 0) is 122 Å². The number of rotatable bonds is 9. The molecule has 1 heterocycles. The fourth-order valence-electron chi connectivity index (χ4n) is 12.7. The summed E-state index contributed by atoms with van der Waals surface area (Å²) < 4.78 is 0.959. The zero-order valence-corrected chi connectivity index (χ0v) is 31.0. The number of piperidine rings is 1. The average Bonchev–Trinajstić information content (AvgIpc) is 3.46. The van der Waals surface area contributed by atoms with E-state index in [2.05, 4.69) is 87.3 Å². The largest absolute Gasteiger partial charge is 1.00 e. The fraction of sp³-hybridized carbons (Fsp3) is 0.659. The number of halogens is 1. The van der Waals surface area contributed by atoms with E-state index in [0.717, 1.165) is 73.0 Å². The molecule has 2 aromatic rings. The van der Waals surface area contributed by atoms with Gasteiger partial charge in [-0.15, -0.1) is 0 Å². The Morgan fingerprint density at radius 1 is 0.875 bits per heavy atom. The minimum absolute atomic E-state index is 0. The van der Waals surface area contributed by atoms with Crippen molar-refractivity contribution in [2.24, 2.45) is 46.3 Å². The number of carbonyl (C=O) groups excluding carboxylic acids is 1. The second kappa shape index (κ2) is 14.6. The summed E-state index contributed by atoms with van der Waals surface area (Å²) in [5, 5.41) is 3.51. The van der Waals surface area contributed by atoms with E-state index in [4.69, 9.17) is 0 Å². The molecule has 8 atom stereocenters. The molecular weight excluding hydrogens is 608 g/mol. The minimum Gasteiger partial charge on any atom is -1.00 e. The number of benzene rings is 2. The Morgan fingerprint density at radius 2 is 1.60 bits per heavy atom. The number of likely N-dealkylation sites (tertiary alicyclic amines) is 1. The van der Waals surface area contributed by atoms with Crippen LogP contribution in [0.25, 0.3) is 6.08 Å². The first kappa shape index (κ1) is 35.7. The van der Waals surface area contributed by atoms with Crippen LogP contribution in [0.3, 0.4) is 0 Å². The monoisotopic (exact) mass is 670 g/mol. The number of hydrogen-bond acceptors (Lipinski definition) is 1. The lowest BCUT2D eigenvalue weighted by atomic mass is 9.44. The predicted octanol–water partition coefficient (Wildman–Crippen LogP) is 7.59. The van der Waals surface area contributed by atoms with Crippen LogP contribution in [0.15, 0.2) is 61.2 Å². The number of carbonyl (C=O) groups is 1. The number of nitrogens with one attached hydrogen (secondary N) is 1. The summed E-state index contributed by atoms with van der Waals surface area (Å²) in [7, 11) is 0. The average molecular weight is 671 g/mol. The van der Waals surface area contributed by atoms with Crippen LogP contribution in [-0.2, 0) is 11.3 Å². The number of fused-ring (bicyclic) bond motifs is 5. The number of para-hydroxylation sites is 1. The van der Waals surface area contributed by atoms with Crippen molar-refractivity contribution in [1.82, 2.24) is 9.80 Å². The molecule has 1 saturated heterocycles. The van der Waals surface area contributed by atoms with Gasteiger partial charge in [0.25, 0.3) is 0 Å². The first-order valence-corrected chi connectivity index (χ1v) is 19.7. The van der Waals surface area contributed by atoms with E-state index < -0.39 is 0 Å². The standard InChI is InChI=1S/C44H62N2O.ClH/c1-5-33-15-17-34(18-16-33)31-46(37-12-7-6-8-13-37)29-25-36(26-30-46)45-42(47)23-14-32(2)39-21-22-40-38-20-19-35-11-9-10-27-43(35,3)41(38)24-28-44(39,40)4;/h5-8,12-13,15-18,32,35-36,38-41H,1,9-11,14,19-31H2,2-4H3;1H/t32-,35?,36?,38+,39-,40+,41+,43+,44-,46?;/m1./s1. The summed E-state index contributed by atoms with van der Waals surface area (Å²) in [4.78, 5) is 13.4. The van der Waals surface area contributed by atoms with Gasteiger partial charge >= 0.3 is 0 Å². The van der Waals surface area contributed by atoms with Gasteiger partial charge in [-0.2, -0.15) is 0 Å². The Hall–Kier alpha value is -2.10. The first-order valence-electron chi connectivity index (χ1n) is 19.7. The third-order valence-corrected chi connectivity index (χ3v) is 15.4. The molecule has 1 unspecified atom stereocenters. The highest BCUT2D eigenvalue weighted by atomic mass is 35.5. The Bertz CT molecular complexity index is 1380. The predicted molar refractivity (Wildman–Crippen MR) is 198 cm³/mol. The maximum absolute atomic E-state index is 13.4. The Labute approximate surface area is 298 Å². The summed E-state index contributed by atoms with van der Waals surface area (Å²) >= 11 is 0. The highest BCUT2D eigenvalue weighted by Gasteiger charge is 2.60. The second-order valence-electron chi connectivity index (χ2n) is 17.5. The fourth-order valence-corrected chi connectivity index (χ4v) is 12.7. The molecule has 0 spiro atoms. The molecule has 1 amide bonds. The van der Waals surface area contributed by atoms with Crippen molar-refractivity contribution in [2.45, 2.75) is 123 Å². The molecule has 1 aliphatic heterocycles. The van der Waals surface area contributed by atoms with Crippen LogP contribution in [-0.4, -0.2) is 25.0 Å². The zero-order valence-electron chi connectivity index (χ0n) is 30.3. The lowest BCUT2D eigenvalue weighted by Gasteiger charge is -2.61. The van der Waals surface area contributed by atoms with Gasteiger partial charge < -0.3 is 17.7 Å².